The molecule has 3 amide bonds. The largest absolute Gasteiger partial charge is 0.467 e. The van der Waals surface area contributed by atoms with Crippen LogP contribution >= 0.6 is 23.2 Å². The summed E-state index contributed by atoms with van der Waals surface area (Å²) in [6.07, 6.45) is 1.64. The Kier molecular flexibility index (Phi) is 9.82. The molecule has 0 bridgehead atoms. The van der Waals surface area contributed by atoms with Gasteiger partial charge >= 0.3 is 5.97 Å². The highest BCUT2D eigenvalue weighted by Gasteiger charge is 2.25. The van der Waals surface area contributed by atoms with Crippen LogP contribution in [-0.4, -0.2) is 54.9 Å². The molecular weight excluding hydrogens is 521 g/mol. The molecule has 1 aromatic heterocycles. The van der Waals surface area contributed by atoms with Crippen LogP contribution in [0.4, 0.5) is 11.5 Å². The molecule has 0 saturated heterocycles. The number of halogens is 2. The van der Waals surface area contributed by atoms with E-state index < -0.39 is 29.7 Å². The van der Waals surface area contributed by atoms with E-state index in [1.165, 1.54) is 12.1 Å². The maximum Gasteiger partial charge on any atom is 0.330 e. The van der Waals surface area contributed by atoms with Gasteiger partial charge in [0.1, 0.15) is 11.9 Å². The highest BCUT2D eigenvalue weighted by Crippen LogP contribution is 2.24. The third kappa shape index (κ3) is 7.92. The molecule has 0 unspecified atom stereocenters. The average molecular weight is 544 g/mol. The number of ether oxygens (including phenoxy) is 1. The van der Waals surface area contributed by atoms with Crippen LogP contribution in [0.1, 0.15) is 20.7 Å². The predicted octanol–water partition coefficient (Wildman–Crippen LogP) is 2.95. The average Bonchev–Trinajstić information content (AvgIpc) is 2.89. The number of esters is 1. The zero-order valence-corrected chi connectivity index (χ0v) is 21.1. The number of anilines is 2. The minimum atomic E-state index is -1.22. The van der Waals surface area contributed by atoms with Gasteiger partial charge in [-0.1, -0.05) is 41.4 Å². The second-order valence-electron chi connectivity index (χ2n) is 7.55. The number of nitrogens with one attached hydrogen (secondary N) is 4. The number of nitrogens with zero attached hydrogens (tertiary/aromatic N) is 1. The molecule has 0 radical (unpaired) electrons. The maximum atomic E-state index is 12.6. The number of aromatic nitrogens is 1. The number of rotatable bonds is 10. The lowest BCUT2D eigenvalue weighted by atomic mass is 10.2. The van der Waals surface area contributed by atoms with Crippen molar-refractivity contribution in [3.63, 3.8) is 0 Å². The smallest absolute Gasteiger partial charge is 0.330 e. The number of hydrogen-bond donors (Lipinski definition) is 4. The second-order valence-corrected chi connectivity index (χ2v) is 8.37. The monoisotopic (exact) mass is 543 g/mol. The number of methoxy groups -OCH3 is 1. The Hall–Kier alpha value is -4.15. The van der Waals surface area contributed by atoms with Crippen molar-refractivity contribution in [3.8, 4) is 0 Å². The number of benzene rings is 2. The van der Waals surface area contributed by atoms with Crippen molar-refractivity contribution in [1.29, 1.82) is 0 Å². The van der Waals surface area contributed by atoms with E-state index in [0.717, 1.165) is 7.11 Å². The fraction of sp³-hybridized carbons (Fsp3) is 0.160. The number of carbonyl (C=O) groups excluding carboxylic acids is 4. The lowest BCUT2D eigenvalue weighted by Crippen LogP contribution is -2.50. The van der Waals surface area contributed by atoms with Crippen molar-refractivity contribution in [2.45, 2.75) is 6.04 Å². The van der Waals surface area contributed by atoms with Gasteiger partial charge in [-0.25, -0.2) is 9.78 Å². The van der Waals surface area contributed by atoms with E-state index in [1.54, 1.807) is 48.7 Å². The van der Waals surface area contributed by atoms with Gasteiger partial charge in [-0.05, 0) is 42.5 Å². The molecule has 1 heterocycles. The molecule has 192 valence electrons. The number of carbonyl (C=O) groups is 4. The standard InChI is InChI=1S/C25H23Cl2N5O5/c1-37-25(36)19(32-24(35)22-17(26)8-5-9-18(22)27)13-29-21(33)14-30-23(34)15-6-4-7-16(12-15)31-20-10-2-3-11-28-20/h2-12,19H,13-14H2,1H3,(H,28,31)(H,29,33)(H,30,34)(H,32,35)/t19-/m0/s1. The third-order valence-electron chi connectivity index (χ3n) is 4.96. The van der Waals surface area contributed by atoms with Crippen LogP contribution in [-0.2, 0) is 14.3 Å². The Bertz CT molecular complexity index is 1270. The molecule has 2 aromatic carbocycles. The van der Waals surface area contributed by atoms with Crippen LogP contribution in [0.25, 0.3) is 0 Å². The number of pyridine rings is 1. The lowest BCUT2D eigenvalue weighted by Gasteiger charge is -2.18. The van der Waals surface area contributed by atoms with Gasteiger partial charge in [0.2, 0.25) is 5.91 Å². The van der Waals surface area contributed by atoms with Crippen LogP contribution in [0.5, 0.6) is 0 Å². The van der Waals surface area contributed by atoms with Crippen LogP contribution < -0.4 is 21.3 Å². The molecule has 3 rings (SSSR count). The van der Waals surface area contributed by atoms with E-state index in [0.29, 0.717) is 17.1 Å². The van der Waals surface area contributed by atoms with Gasteiger partial charge in [-0.15, -0.1) is 0 Å². The molecule has 0 aliphatic heterocycles. The molecule has 3 aromatic rings. The van der Waals surface area contributed by atoms with Gasteiger partial charge in [0.25, 0.3) is 11.8 Å². The van der Waals surface area contributed by atoms with Crippen molar-refractivity contribution in [3.05, 3.63) is 88.0 Å². The van der Waals surface area contributed by atoms with Crippen molar-refractivity contribution in [2.24, 2.45) is 0 Å². The van der Waals surface area contributed by atoms with Crippen molar-refractivity contribution in [2.75, 3.05) is 25.5 Å². The summed E-state index contributed by atoms with van der Waals surface area (Å²) in [5.41, 5.74) is 0.953. The van der Waals surface area contributed by atoms with E-state index in [9.17, 15) is 19.2 Å². The molecule has 10 nitrogen and oxygen atoms in total. The second kappa shape index (κ2) is 13.2. The zero-order chi connectivity index (χ0) is 26.8. The Morgan fingerprint density at radius 1 is 0.919 bits per heavy atom. The molecule has 0 aliphatic rings. The molecule has 0 aliphatic carbocycles. The van der Waals surface area contributed by atoms with Crippen LogP contribution in [0.2, 0.25) is 10.0 Å². The first-order valence-electron chi connectivity index (χ1n) is 10.9. The van der Waals surface area contributed by atoms with E-state index in [4.69, 9.17) is 27.9 Å². The van der Waals surface area contributed by atoms with E-state index in [2.05, 4.69) is 26.3 Å². The lowest BCUT2D eigenvalue weighted by molar-refractivity contribution is -0.142. The first-order valence-corrected chi connectivity index (χ1v) is 11.7. The van der Waals surface area contributed by atoms with Gasteiger partial charge in [0.05, 0.1) is 29.3 Å². The van der Waals surface area contributed by atoms with Gasteiger partial charge in [0, 0.05) is 24.0 Å². The summed E-state index contributed by atoms with van der Waals surface area (Å²) in [6.45, 7) is -0.659. The van der Waals surface area contributed by atoms with E-state index in [-0.39, 0.29) is 28.7 Å². The van der Waals surface area contributed by atoms with Crippen molar-refractivity contribution >= 4 is 58.4 Å². The third-order valence-corrected chi connectivity index (χ3v) is 5.59. The molecular formula is C25H23Cl2N5O5. The summed E-state index contributed by atoms with van der Waals surface area (Å²) < 4.78 is 4.70. The van der Waals surface area contributed by atoms with Gasteiger partial charge < -0.3 is 26.0 Å². The van der Waals surface area contributed by atoms with Crippen LogP contribution in [0.15, 0.2) is 66.9 Å². The van der Waals surface area contributed by atoms with E-state index >= 15 is 0 Å². The Labute approximate surface area is 222 Å². The fourth-order valence-corrected chi connectivity index (χ4v) is 3.71. The first-order chi connectivity index (χ1) is 17.8. The SMILES string of the molecule is COC(=O)[C@H](CNC(=O)CNC(=O)c1cccc(Nc2ccccn2)c1)NC(=O)c1c(Cl)cccc1Cl. The molecule has 1 atom stereocenters. The minimum Gasteiger partial charge on any atom is -0.467 e. The topological polar surface area (TPSA) is 139 Å². The molecule has 37 heavy (non-hydrogen) atoms. The Morgan fingerprint density at radius 2 is 1.65 bits per heavy atom. The molecule has 0 spiro atoms. The number of amides is 3. The maximum absolute atomic E-state index is 12.6. The first kappa shape index (κ1) is 27.4. The quantitative estimate of drug-likeness (QED) is 0.288. The van der Waals surface area contributed by atoms with Gasteiger partial charge in [-0.3, -0.25) is 14.4 Å². The number of hydrogen-bond acceptors (Lipinski definition) is 7. The van der Waals surface area contributed by atoms with Crippen molar-refractivity contribution in [1.82, 2.24) is 20.9 Å². The minimum absolute atomic E-state index is 0.0157. The summed E-state index contributed by atoms with van der Waals surface area (Å²) >= 11 is 12.1. The highest BCUT2D eigenvalue weighted by molar-refractivity contribution is 6.39. The predicted molar refractivity (Wildman–Crippen MR) is 139 cm³/mol. The fourth-order valence-electron chi connectivity index (χ4n) is 3.14. The molecule has 0 saturated carbocycles. The van der Waals surface area contributed by atoms with Crippen LogP contribution in [0.3, 0.4) is 0 Å². The normalized spacial score (nSPS) is 11.1. The van der Waals surface area contributed by atoms with Crippen molar-refractivity contribution < 1.29 is 23.9 Å². The summed E-state index contributed by atoms with van der Waals surface area (Å²) in [5.74, 6) is -1.96. The Morgan fingerprint density at radius 3 is 2.32 bits per heavy atom. The zero-order valence-electron chi connectivity index (χ0n) is 19.6. The van der Waals surface area contributed by atoms with Gasteiger partial charge in [-0.2, -0.15) is 0 Å². The highest BCUT2D eigenvalue weighted by atomic mass is 35.5. The Balaban J connectivity index is 1.53. The summed E-state index contributed by atoms with van der Waals surface area (Å²) in [5, 5.41) is 10.7. The summed E-state index contributed by atoms with van der Waals surface area (Å²) in [6, 6.07) is 15.4. The molecule has 0 fully saturated rings. The van der Waals surface area contributed by atoms with Crippen LogP contribution in [0, 0.1) is 0 Å². The van der Waals surface area contributed by atoms with E-state index in [1.807, 2.05) is 6.07 Å². The summed E-state index contributed by atoms with van der Waals surface area (Å²) in [7, 11) is 1.14. The summed E-state index contributed by atoms with van der Waals surface area (Å²) in [4.78, 5) is 53.8. The molecule has 12 heteroatoms. The molecule has 4 N–H and O–H groups in total. The van der Waals surface area contributed by atoms with Gasteiger partial charge in [0.15, 0.2) is 0 Å².